The minimum absolute atomic E-state index is 0.110. The molecule has 0 spiro atoms. The Morgan fingerprint density at radius 1 is 1.22 bits per heavy atom. The van der Waals surface area contributed by atoms with E-state index in [2.05, 4.69) is 20.6 Å². The molecular formula is C18H16ClN5O3. The van der Waals surface area contributed by atoms with Crippen LogP contribution in [0.15, 0.2) is 40.8 Å². The number of imidazole rings is 1. The van der Waals surface area contributed by atoms with Crippen molar-refractivity contribution in [2.75, 3.05) is 18.5 Å². The van der Waals surface area contributed by atoms with Crippen LogP contribution in [0.4, 0.5) is 12.0 Å². The van der Waals surface area contributed by atoms with Gasteiger partial charge in [-0.05, 0) is 30.3 Å². The van der Waals surface area contributed by atoms with Gasteiger partial charge in [0.25, 0.3) is 5.91 Å². The van der Waals surface area contributed by atoms with Gasteiger partial charge in [0.1, 0.15) is 5.52 Å². The zero-order valence-corrected chi connectivity index (χ0v) is 15.1. The third-order valence-corrected chi connectivity index (χ3v) is 4.34. The summed E-state index contributed by atoms with van der Waals surface area (Å²) >= 11 is 5.97. The lowest BCUT2D eigenvalue weighted by Gasteiger charge is -2.03. The smallest absolute Gasteiger partial charge is 0.302 e. The maximum atomic E-state index is 12.0. The highest BCUT2D eigenvalue weighted by atomic mass is 35.5. The second-order valence-electron chi connectivity index (χ2n) is 5.93. The van der Waals surface area contributed by atoms with Crippen LogP contribution in [0.25, 0.3) is 22.1 Å². The van der Waals surface area contributed by atoms with Crippen molar-refractivity contribution in [1.82, 2.24) is 19.9 Å². The lowest BCUT2D eigenvalue weighted by Crippen LogP contribution is -2.26. The number of amides is 1. The van der Waals surface area contributed by atoms with E-state index in [0.717, 1.165) is 5.52 Å². The molecule has 4 rings (SSSR count). The predicted octanol–water partition coefficient (Wildman–Crippen LogP) is 2.83. The largest absolute Gasteiger partial charge is 0.423 e. The number of aryl methyl sites for hydroxylation is 1. The molecule has 4 aromatic rings. The van der Waals surface area contributed by atoms with Gasteiger partial charge in [-0.25, -0.2) is 4.98 Å². The van der Waals surface area contributed by atoms with Gasteiger partial charge in [0.05, 0.1) is 17.6 Å². The monoisotopic (exact) mass is 385 g/mol. The number of oxazole rings is 1. The van der Waals surface area contributed by atoms with Gasteiger partial charge in [-0.1, -0.05) is 11.6 Å². The van der Waals surface area contributed by atoms with E-state index in [1.54, 1.807) is 30.3 Å². The molecule has 1 amide bonds. The van der Waals surface area contributed by atoms with Crippen LogP contribution in [-0.2, 0) is 7.05 Å². The standard InChI is InChI=1S/C18H16ClN5O3/c1-24-14-5-2-10(16(26)20-6-7-25)8-13(14)21-17(24)23-18-22-12-4-3-11(19)9-15(12)27-18/h2-5,8-9,25H,6-7H2,1H3,(H,20,26)(H,21,22,23). The van der Waals surface area contributed by atoms with Crippen molar-refractivity contribution in [2.45, 2.75) is 0 Å². The van der Waals surface area contributed by atoms with Crippen molar-refractivity contribution >= 4 is 51.6 Å². The van der Waals surface area contributed by atoms with Crippen LogP contribution in [0.2, 0.25) is 5.02 Å². The molecular weight excluding hydrogens is 370 g/mol. The number of hydrogen-bond acceptors (Lipinski definition) is 6. The first-order valence-electron chi connectivity index (χ1n) is 8.24. The molecule has 0 saturated heterocycles. The van der Waals surface area contributed by atoms with Gasteiger partial charge >= 0.3 is 6.01 Å². The number of hydrogen-bond donors (Lipinski definition) is 3. The average Bonchev–Trinajstić information content (AvgIpc) is 3.19. The summed E-state index contributed by atoms with van der Waals surface area (Å²) in [6.45, 7) is 0.0922. The number of carbonyl (C=O) groups excluding carboxylic acids is 1. The Balaban J connectivity index is 1.64. The van der Waals surface area contributed by atoms with Crippen molar-refractivity contribution < 1.29 is 14.3 Å². The fourth-order valence-electron chi connectivity index (χ4n) is 2.77. The number of nitrogens with zero attached hydrogens (tertiary/aromatic N) is 3. The van der Waals surface area contributed by atoms with E-state index in [1.165, 1.54) is 0 Å². The van der Waals surface area contributed by atoms with E-state index in [9.17, 15) is 4.79 Å². The summed E-state index contributed by atoms with van der Waals surface area (Å²) in [6.07, 6.45) is 0. The van der Waals surface area contributed by atoms with E-state index < -0.39 is 0 Å². The van der Waals surface area contributed by atoms with Crippen LogP contribution in [-0.4, -0.2) is 38.7 Å². The highest BCUT2D eigenvalue weighted by Crippen LogP contribution is 2.26. The van der Waals surface area contributed by atoms with E-state index in [0.29, 0.717) is 39.2 Å². The van der Waals surface area contributed by atoms with E-state index in [-0.39, 0.29) is 19.1 Å². The Morgan fingerprint density at radius 2 is 2.07 bits per heavy atom. The van der Waals surface area contributed by atoms with Crippen LogP contribution in [0, 0.1) is 0 Å². The summed E-state index contributed by atoms with van der Waals surface area (Å²) in [7, 11) is 1.85. The molecule has 27 heavy (non-hydrogen) atoms. The number of anilines is 2. The summed E-state index contributed by atoms with van der Waals surface area (Å²) in [6, 6.07) is 10.7. The summed E-state index contributed by atoms with van der Waals surface area (Å²) in [5.41, 5.74) is 3.22. The predicted molar refractivity (Wildman–Crippen MR) is 102 cm³/mol. The number of halogens is 1. The van der Waals surface area contributed by atoms with Crippen molar-refractivity contribution in [3.05, 3.63) is 47.0 Å². The zero-order valence-electron chi connectivity index (χ0n) is 14.4. The van der Waals surface area contributed by atoms with E-state index in [1.807, 2.05) is 17.7 Å². The summed E-state index contributed by atoms with van der Waals surface area (Å²) in [4.78, 5) is 20.9. The molecule has 0 aliphatic carbocycles. The molecule has 0 bridgehead atoms. The Kier molecular flexibility index (Phi) is 4.43. The summed E-state index contributed by atoms with van der Waals surface area (Å²) in [5.74, 6) is 0.262. The molecule has 9 heteroatoms. The molecule has 0 atom stereocenters. The van der Waals surface area contributed by atoms with Gasteiger partial charge < -0.3 is 19.4 Å². The lowest BCUT2D eigenvalue weighted by atomic mass is 10.2. The number of benzene rings is 2. The number of fused-ring (bicyclic) bond motifs is 2. The number of rotatable bonds is 5. The summed E-state index contributed by atoms with van der Waals surface area (Å²) in [5, 5.41) is 15.1. The van der Waals surface area contributed by atoms with Gasteiger partial charge in [0.15, 0.2) is 5.58 Å². The minimum atomic E-state index is -0.262. The molecule has 0 unspecified atom stereocenters. The van der Waals surface area contributed by atoms with Gasteiger partial charge in [0, 0.05) is 30.2 Å². The van der Waals surface area contributed by atoms with Crippen LogP contribution in [0.5, 0.6) is 0 Å². The second-order valence-corrected chi connectivity index (χ2v) is 6.37. The van der Waals surface area contributed by atoms with E-state index >= 15 is 0 Å². The maximum absolute atomic E-state index is 12.0. The molecule has 2 aromatic heterocycles. The Morgan fingerprint density at radius 3 is 2.89 bits per heavy atom. The van der Waals surface area contributed by atoms with Crippen molar-refractivity contribution in [1.29, 1.82) is 0 Å². The summed E-state index contributed by atoms with van der Waals surface area (Å²) < 4.78 is 7.50. The Hall–Kier alpha value is -3.10. The normalized spacial score (nSPS) is 11.2. The third kappa shape index (κ3) is 3.32. The van der Waals surface area contributed by atoms with Crippen LogP contribution < -0.4 is 10.6 Å². The van der Waals surface area contributed by atoms with Crippen LogP contribution >= 0.6 is 11.6 Å². The third-order valence-electron chi connectivity index (χ3n) is 4.11. The van der Waals surface area contributed by atoms with Crippen LogP contribution in [0.1, 0.15) is 10.4 Å². The fourth-order valence-corrected chi connectivity index (χ4v) is 2.93. The van der Waals surface area contributed by atoms with Crippen LogP contribution in [0.3, 0.4) is 0 Å². The lowest BCUT2D eigenvalue weighted by molar-refractivity contribution is 0.0945. The molecule has 138 valence electrons. The average molecular weight is 386 g/mol. The Bertz CT molecular complexity index is 1150. The van der Waals surface area contributed by atoms with Crippen molar-refractivity contribution in [3.63, 3.8) is 0 Å². The topological polar surface area (TPSA) is 105 Å². The highest BCUT2D eigenvalue weighted by Gasteiger charge is 2.14. The molecule has 3 N–H and O–H groups in total. The van der Waals surface area contributed by atoms with Crippen molar-refractivity contribution in [3.8, 4) is 0 Å². The molecule has 2 heterocycles. The number of aromatic nitrogens is 3. The molecule has 0 aliphatic heterocycles. The Labute approximate surface area is 158 Å². The molecule has 0 radical (unpaired) electrons. The first-order valence-corrected chi connectivity index (χ1v) is 8.61. The van der Waals surface area contributed by atoms with Gasteiger partial charge in [-0.3, -0.25) is 10.1 Å². The van der Waals surface area contributed by atoms with Crippen molar-refractivity contribution in [2.24, 2.45) is 7.05 Å². The van der Waals surface area contributed by atoms with E-state index in [4.69, 9.17) is 21.1 Å². The number of aliphatic hydroxyl groups is 1. The first kappa shape index (κ1) is 17.3. The molecule has 0 saturated carbocycles. The molecule has 8 nitrogen and oxygen atoms in total. The molecule has 2 aromatic carbocycles. The fraction of sp³-hybridized carbons (Fsp3) is 0.167. The molecule has 0 aliphatic rings. The maximum Gasteiger partial charge on any atom is 0.302 e. The number of nitrogens with one attached hydrogen (secondary N) is 2. The van der Waals surface area contributed by atoms with Gasteiger partial charge in [-0.15, -0.1) is 0 Å². The quantitative estimate of drug-likeness (QED) is 0.488. The number of carbonyl (C=O) groups is 1. The highest BCUT2D eigenvalue weighted by molar-refractivity contribution is 6.31. The van der Waals surface area contributed by atoms with Gasteiger partial charge in [0.2, 0.25) is 5.95 Å². The number of aliphatic hydroxyl groups excluding tert-OH is 1. The molecule has 0 fully saturated rings. The SMILES string of the molecule is Cn1c(Nc2nc3ccc(Cl)cc3o2)nc2cc(C(=O)NCCO)ccc21. The second kappa shape index (κ2) is 6.90. The zero-order chi connectivity index (χ0) is 19.0. The minimum Gasteiger partial charge on any atom is -0.423 e. The first-order chi connectivity index (χ1) is 13.0. The van der Waals surface area contributed by atoms with Gasteiger partial charge in [-0.2, -0.15) is 4.98 Å².